The van der Waals surface area contributed by atoms with Crippen molar-refractivity contribution in [3.63, 3.8) is 0 Å². The highest BCUT2D eigenvalue weighted by atomic mass is 32.1. The Morgan fingerprint density at radius 3 is 2.62 bits per heavy atom. The number of nitrogens with one attached hydrogen (secondary N) is 2. The summed E-state index contributed by atoms with van der Waals surface area (Å²) in [4.78, 5) is 28.4. The van der Waals surface area contributed by atoms with E-state index in [0.717, 1.165) is 16.0 Å². The summed E-state index contributed by atoms with van der Waals surface area (Å²) in [6, 6.07) is 12.5. The van der Waals surface area contributed by atoms with Gasteiger partial charge in [0.2, 0.25) is 5.91 Å². The number of aromatic nitrogens is 1. The summed E-state index contributed by atoms with van der Waals surface area (Å²) in [5.74, 6) is 0.749. The largest absolute Gasteiger partial charge is 0.494 e. The van der Waals surface area contributed by atoms with E-state index in [0.29, 0.717) is 23.2 Å². The number of nitrogens with zero attached hydrogens (tertiary/aromatic N) is 1. The summed E-state index contributed by atoms with van der Waals surface area (Å²) in [6.07, 6.45) is 0. The summed E-state index contributed by atoms with van der Waals surface area (Å²) in [5, 5.41) is 6.05. The van der Waals surface area contributed by atoms with Crippen LogP contribution in [0, 0.1) is 5.92 Å². The van der Waals surface area contributed by atoms with Crippen LogP contribution in [0.25, 0.3) is 10.2 Å². The fourth-order valence-electron chi connectivity index (χ4n) is 2.47. The summed E-state index contributed by atoms with van der Waals surface area (Å²) < 4.78 is 12.0. The number of ether oxygens (including phenoxy) is 2. The third-order valence-electron chi connectivity index (χ3n) is 3.91. The van der Waals surface area contributed by atoms with Crippen LogP contribution in [0.15, 0.2) is 42.5 Å². The molecule has 0 radical (unpaired) electrons. The molecule has 8 heteroatoms. The Kier molecular flexibility index (Phi) is 6.66. The van der Waals surface area contributed by atoms with Crippen LogP contribution >= 0.6 is 11.3 Å². The minimum absolute atomic E-state index is 0.0803. The maximum absolute atomic E-state index is 12.2. The van der Waals surface area contributed by atoms with Crippen LogP contribution in [0.1, 0.15) is 20.8 Å². The van der Waals surface area contributed by atoms with Gasteiger partial charge in [-0.05, 0) is 37.3 Å². The van der Waals surface area contributed by atoms with Crippen molar-refractivity contribution in [2.75, 3.05) is 23.8 Å². The second-order valence-electron chi connectivity index (χ2n) is 6.59. The quantitative estimate of drug-likeness (QED) is 0.574. The monoisotopic (exact) mass is 413 g/mol. The van der Waals surface area contributed by atoms with Gasteiger partial charge in [0.25, 0.3) is 5.91 Å². The van der Waals surface area contributed by atoms with E-state index in [2.05, 4.69) is 15.6 Å². The van der Waals surface area contributed by atoms with Crippen LogP contribution in [0.3, 0.4) is 0 Å². The molecule has 2 N–H and O–H groups in total. The van der Waals surface area contributed by atoms with Gasteiger partial charge >= 0.3 is 0 Å². The number of carbonyl (C=O) groups is 2. The number of anilines is 2. The molecule has 0 aliphatic heterocycles. The SMILES string of the molecule is CCOc1ccc2nc(NC(=O)COc3cccc(NC(=O)C(C)C)c3)sc2c1. The van der Waals surface area contributed by atoms with Crippen LogP contribution in [0.4, 0.5) is 10.8 Å². The predicted molar refractivity (Wildman–Crippen MR) is 115 cm³/mol. The molecule has 0 aliphatic carbocycles. The van der Waals surface area contributed by atoms with E-state index in [-0.39, 0.29) is 24.3 Å². The van der Waals surface area contributed by atoms with E-state index >= 15 is 0 Å². The first-order valence-corrected chi connectivity index (χ1v) is 10.1. The highest BCUT2D eigenvalue weighted by Gasteiger charge is 2.11. The number of hydrogen-bond acceptors (Lipinski definition) is 6. The molecule has 3 aromatic rings. The Morgan fingerprint density at radius 1 is 1.07 bits per heavy atom. The summed E-state index contributed by atoms with van der Waals surface area (Å²) in [6.45, 7) is 5.99. The molecular weight excluding hydrogens is 390 g/mol. The van der Waals surface area contributed by atoms with E-state index in [1.54, 1.807) is 24.3 Å². The second kappa shape index (κ2) is 9.38. The minimum Gasteiger partial charge on any atom is -0.494 e. The number of amides is 2. The van der Waals surface area contributed by atoms with Crippen molar-refractivity contribution in [2.45, 2.75) is 20.8 Å². The van der Waals surface area contributed by atoms with Crippen molar-refractivity contribution in [3.05, 3.63) is 42.5 Å². The summed E-state index contributed by atoms with van der Waals surface area (Å²) >= 11 is 1.37. The van der Waals surface area contributed by atoms with Crippen LogP contribution in [0.2, 0.25) is 0 Å². The molecule has 7 nitrogen and oxygen atoms in total. The lowest BCUT2D eigenvalue weighted by molar-refractivity contribution is -0.119. The number of fused-ring (bicyclic) bond motifs is 1. The number of thiazole rings is 1. The number of hydrogen-bond donors (Lipinski definition) is 2. The molecule has 3 rings (SSSR count). The van der Waals surface area contributed by atoms with Gasteiger partial charge < -0.3 is 14.8 Å². The smallest absolute Gasteiger partial charge is 0.264 e. The van der Waals surface area contributed by atoms with Crippen molar-refractivity contribution in [1.82, 2.24) is 4.98 Å². The van der Waals surface area contributed by atoms with Crippen molar-refractivity contribution in [3.8, 4) is 11.5 Å². The van der Waals surface area contributed by atoms with Gasteiger partial charge in [-0.1, -0.05) is 31.3 Å². The van der Waals surface area contributed by atoms with Crippen LogP contribution < -0.4 is 20.1 Å². The van der Waals surface area contributed by atoms with Gasteiger partial charge in [0.1, 0.15) is 11.5 Å². The molecule has 2 amide bonds. The maximum atomic E-state index is 12.2. The van der Waals surface area contributed by atoms with E-state index in [9.17, 15) is 9.59 Å². The molecule has 2 aromatic carbocycles. The maximum Gasteiger partial charge on any atom is 0.264 e. The average Bonchev–Trinajstić information content (AvgIpc) is 3.08. The Hall–Kier alpha value is -3.13. The van der Waals surface area contributed by atoms with Crippen LogP contribution in [0.5, 0.6) is 11.5 Å². The van der Waals surface area contributed by atoms with Gasteiger partial charge in [0, 0.05) is 17.7 Å². The fraction of sp³-hybridized carbons (Fsp3) is 0.286. The van der Waals surface area contributed by atoms with Gasteiger partial charge in [-0.25, -0.2) is 4.98 Å². The summed E-state index contributed by atoms with van der Waals surface area (Å²) in [7, 11) is 0. The molecule has 0 saturated heterocycles. The van der Waals surface area contributed by atoms with Gasteiger partial charge in [-0.15, -0.1) is 0 Å². The van der Waals surface area contributed by atoms with Crippen LogP contribution in [-0.4, -0.2) is 30.0 Å². The van der Waals surface area contributed by atoms with Crippen molar-refractivity contribution < 1.29 is 19.1 Å². The Bertz CT molecular complexity index is 1020. The molecule has 0 atom stereocenters. The predicted octanol–water partition coefficient (Wildman–Crippen LogP) is 4.31. The standard InChI is InChI=1S/C21H23N3O4S/c1-4-27-16-8-9-17-18(11-16)29-21(23-17)24-19(25)12-28-15-7-5-6-14(10-15)22-20(26)13(2)3/h5-11,13H,4,12H2,1-3H3,(H,22,26)(H,23,24,25). The molecule has 0 bridgehead atoms. The normalized spacial score (nSPS) is 10.8. The number of rotatable bonds is 8. The van der Waals surface area contributed by atoms with Gasteiger partial charge in [0.15, 0.2) is 11.7 Å². The highest BCUT2D eigenvalue weighted by Crippen LogP contribution is 2.29. The third kappa shape index (κ3) is 5.68. The van der Waals surface area contributed by atoms with E-state index in [1.807, 2.05) is 39.0 Å². The number of carbonyl (C=O) groups excluding carboxylic acids is 2. The van der Waals surface area contributed by atoms with Crippen molar-refractivity contribution in [2.24, 2.45) is 5.92 Å². The lowest BCUT2D eigenvalue weighted by atomic mass is 10.2. The minimum atomic E-state index is -0.314. The average molecular weight is 413 g/mol. The zero-order valence-corrected chi connectivity index (χ0v) is 17.3. The van der Waals surface area contributed by atoms with E-state index in [4.69, 9.17) is 9.47 Å². The highest BCUT2D eigenvalue weighted by molar-refractivity contribution is 7.22. The first-order valence-electron chi connectivity index (χ1n) is 9.31. The zero-order chi connectivity index (χ0) is 20.8. The van der Waals surface area contributed by atoms with Gasteiger partial charge in [-0.2, -0.15) is 0 Å². The molecule has 0 fully saturated rings. The molecule has 0 spiro atoms. The Labute approximate surface area is 173 Å². The first-order chi connectivity index (χ1) is 13.9. The van der Waals surface area contributed by atoms with Crippen molar-refractivity contribution >= 4 is 44.2 Å². The molecule has 0 saturated carbocycles. The number of benzene rings is 2. The Morgan fingerprint density at radius 2 is 1.86 bits per heavy atom. The zero-order valence-electron chi connectivity index (χ0n) is 16.5. The first kappa shape index (κ1) is 20.6. The lowest BCUT2D eigenvalue weighted by Gasteiger charge is -2.10. The van der Waals surface area contributed by atoms with Crippen molar-refractivity contribution in [1.29, 1.82) is 0 Å². The molecule has 0 aliphatic rings. The topological polar surface area (TPSA) is 89.6 Å². The molecule has 0 unspecified atom stereocenters. The Balaban J connectivity index is 1.57. The molecule has 152 valence electrons. The fourth-order valence-corrected chi connectivity index (χ4v) is 3.38. The lowest BCUT2D eigenvalue weighted by Crippen LogP contribution is -2.20. The third-order valence-corrected chi connectivity index (χ3v) is 4.85. The van der Waals surface area contributed by atoms with E-state index < -0.39 is 0 Å². The molecular formula is C21H23N3O4S. The summed E-state index contributed by atoms with van der Waals surface area (Å²) in [5.41, 5.74) is 1.42. The van der Waals surface area contributed by atoms with Crippen LogP contribution in [-0.2, 0) is 9.59 Å². The van der Waals surface area contributed by atoms with Gasteiger partial charge in [-0.3, -0.25) is 14.9 Å². The van der Waals surface area contributed by atoms with Gasteiger partial charge in [0.05, 0.1) is 16.8 Å². The molecule has 1 aromatic heterocycles. The molecule has 29 heavy (non-hydrogen) atoms. The molecule has 1 heterocycles. The van der Waals surface area contributed by atoms with E-state index in [1.165, 1.54) is 11.3 Å². The second-order valence-corrected chi connectivity index (χ2v) is 7.62.